The molecule has 33 heavy (non-hydrogen) atoms. The molecule has 0 saturated heterocycles. The molecule has 3 aromatic carbocycles. The highest BCUT2D eigenvalue weighted by atomic mass is 79.9. The van der Waals surface area contributed by atoms with Gasteiger partial charge in [0.15, 0.2) is 0 Å². The fraction of sp³-hybridized carbons (Fsp3) is 0.154. The number of halogens is 2. The Morgan fingerprint density at radius 3 is 2.33 bits per heavy atom. The van der Waals surface area contributed by atoms with Gasteiger partial charge in [-0.1, -0.05) is 51.8 Å². The second-order valence-electron chi connectivity index (χ2n) is 7.86. The summed E-state index contributed by atoms with van der Waals surface area (Å²) in [7, 11) is 0. The Hall–Kier alpha value is -3.09. The molecular formula is C26H23BrClN3O2. The number of benzene rings is 3. The van der Waals surface area contributed by atoms with Gasteiger partial charge in [-0.25, -0.2) is 0 Å². The molecule has 0 radical (unpaired) electrons. The van der Waals surface area contributed by atoms with E-state index in [4.69, 9.17) is 16.3 Å². The number of anilines is 1. The molecule has 0 unspecified atom stereocenters. The number of hydrogen-bond acceptors (Lipinski definition) is 3. The summed E-state index contributed by atoms with van der Waals surface area (Å²) < 4.78 is 8.72. The first-order valence-corrected chi connectivity index (χ1v) is 11.6. The van der Waals surface area contributed by atoms with Crippen LogP contribution in [0.1, 0.15) is 32.6 Å². The normalized spacial score (nSPS) is 10.8. The highest BCUT2D eigenvalue weighted by Gasteiger charge is 2.09. The van der Waals surface area contributed by atoms with E-state index in [-0.39, 0.29) is 5.91 Å². The lowest BCUT2D eigenvalue weighted by molar-refractivity contribution is 0.102. The molecule has 0 saturated carbocycles. The van der Waals surface area contributed by atoms with Gasteiger partial charge in [-0.2, -0.15) is 5.10 Å². The average Bonchev–Trinajstić information content (AvgIpc) is 3.24. The van der Waals surface area contributed by atoms with Crippen LogP contribution in [0.25, 0.3) is 0 Å². The first-order chi connectivity index (χ1) is 15.9. The summed E-state index contributed by atoms with van der Waals surface area (Å²) in [6.07, 6.45) is 3.47. The van der Waals surface area contributed by atoms with Crippen molar-refractivity contribution < 1.29 is 9.53 Å². The van der Waals surface area contributed by atoms with Crippen molar-refractivity contribution in [1.29, 1.82) is 0 Å². The molecule has 1 amide bonds. The van der Waals surface area contributed by atoms with Gasteiger partial charge in [-0.05, 0) is 72.5 Å². The molecule has 1 heterocycles. The summed E-state index contributed by atoms with van der Waals surface area (Å²) in [5.74, 6) is 0.589. The maximum atomic E-state index is 12.6. The van der Waals surface area contributed by atoms with Crippen LogP contribution in [0.2, 0.25) is 5.02 Å². The smallest absolute Gasteiger partial charge is 0.255 e. The maximum absolute atomic E-state index is 12.6. The second kappa shape index (κ2) is 10.2. The number of rotatable bonds is 7. The number of ether oxygens (including phenoxy) is 1. The summed E-state index contributed by atoms with van der Waals surface area (Å²) in [5.41, 5.74) is 5.29. The van der Waals surface area contributed by atoms with Crippen LogP contribution in [-0.4, -0.2) is 15.7 Å². The minimum absolute atomic E-state index is 0.186. The van der Waals surface area contributed by atoms with Crippen molar-refractivity contribution in [2.45, 2.75) is 27.0 Å². The van der Waals surface area contributed by atoms with Crippen LogP contribution >= 0.6 is 27.5 Å². The molecule has 0 fully saturated rings. The highest BCUT2D eigenvalue weighted by molar-refractivity contribution is 9.10. The quantitative estimate of drug-likeness (QED) is 0.289. The van der Waals surface area contributed by atoms with Crippen LogP contribution in [0.3, 0.4) is 0 Å². The molecule has 7 heteroatoms. The molecule has 0 bridgehead atoms. The van der Waals surface area contributed by atoms with Gasteiger partial charge in [0, 0.05) is 21.3 Å². The van der Waals surface area contributed by atoms with Crippen molar-refractivity contribution in [1.82, 2.24) is 9.78 Å². The third-order valence-electron chi connectivity index (χ3n) is 5.18. The Morgan fingerprint density at radius 1 is 1.03 bits per heavy atom. The molecule has 5 nitrogen and oxygen atoms in total. The van der Waals surface area contributed by atoms with Gasteiger partial charge >= 0.3 is 0 Å². The molecule has 0 aliphatic rings. The van der Waals surface area contributed by atoms with Gasteiger partial charge in [0.05, 0.1) is 18.4 Å². The predicted molar refractivity (Wildman–Crippen MR) is 135 cm³/mol. The number of hydrogen-bond donors (Lipinski definition) is 1. The lowest BCUT2D eigenvalue weighted by Gasteiger charge is -2.10. The zero-order chi connectivity index (χ0) is 23.4. The van der Waals surface area contributed by atoms with Crippen molar-refractivity contribution in [3.8, 4) is 5.75 Å². The summed E-state index contributed by atoms with van der Waals surface area (Å²) in [6, 6.07) is 19.3. The van der Waals surface area contributed by atoms with E-state index < -0.39 is 0 Å². The number of carbonyl (C=O) groups excluding carboxylic acids is 1. The molecular weight excluding hydrogens is 502 g/mol. The van der Waals surface area contributed by atoms with E-state index in [2.05, 4.69) is 26.3 Å². The third kappa shape index (κ3) is 6.03. The van der Waals surface area contributed by atoms with Gasteiger partial charge in [0.25, 0.3) is 5.91 Å². The van der Waals surface area contributed by atoms with E-state index in [1.807, 2.05) is 68.6 Å². The number of amides is 1. The summed E-state index contributed by atoms with van der Waals surface area (Å²) in [6.45, 7) is 4.95. The molecule has 4 rings (SSSR count). The number of nitrogens with zero attached hydrogens (tertiary/aromatic N) is 2. The largest absolute Gasteiger partial charge is 0.489 e. The van der Waals surface area contributed by atoms with Crippen molar-refractivity contribution in [2.75, 3.05) is 5.32 Å². The Bertz CT molecular complexity index is 1240. The molecule has 1 N–H and O–H groups in total. The van der Waals surface area contributed by atoms with E-state index in [0.717, 1.165) is 37.5 Å². The SMILES string of the molecule is Cc1cc(OCc2ccc(C(=O)Nc3cnn(Cc4ccc(Br)cc4)c3)cc2)cc(C)c1Cl. The Kier molecular flexibility index (Phi) is 7.16. The summed E-state index contributed by atoms with van der Waals surface area (Å²) >= 11 is 9.65. The Balaban J connectivity index is 1.33. The molecule has 0 spiro atoms. The number of aryl methyl sites for hydroxylation is 2. The molecule has 0 aliphatic carbocycles. The first-order valence-electron chi connectivity index (χ1n) is 10.4. The van der Waals surface area contributed by atoms with E-state index in [9.17, 15) is 4.79 Å². The lowest BCUT2D eigenvalue weighted by Crippen LogP contribution is -2.11. The third-order valence-corrected chi connectivity index (χ3v) is 6.31. The number of aromatic nitrogens is 2. The van der Waals surface area contributed by atoms with Gasteiger partial charge in [-0.15, -0.1) is 0 Å². The number of nitrogens with one attached hydrogen (secondary N) is 1. The fourth-order valence-electron chi connectivity index (χ4n) is 3.40. The van der Waals surface area contributed by atoms with Gasteiger partial charge < -0.3 is 10.1 Å². The van der Waals surface area contributed by atoms with Crippen molar-refractivity contribution in [3.63, 3.8) is 0 Å². The monoisotopic (exact) mass is 523 g/mol. The molecule has 168 valence electrons. The fourth-order valence-corrected chi connectivity index (χ4v) is 3.78. The number of carbonyl (C=O) groups is 1. The van der Waals surface area contributed by atoms with Crippen molar-refractivity contribution in [2.24, 2.45) is 0 Å². The molecule has 1 aromatic heterocycles. The van der Waals surface area contributed by atoms with Crippen molar-refractivity contribution >= 4 is 39.1 Å². The molecule has 0 atom stereocenters. The Labute approximate surface area is 206 Å². The average molecular weight is 525 g/mol. The van der Waals surface area contributed by atoms with Crippen LogP contribution in [0.15, 0.2) is 77.5 Å². The van der Waals surface area contributed by atoms with E-state index >= 15 is 0 Å². The van der Waals surface area contributed by atoms with Crippen molar-refractivity contribution in [3.05, 3.63) is 110 Å². The second-order valence-corrected chi connectivity index (χ2v) is 9.16. The minimum atomic E-state index is -0.186. The van der Waals surface area contributed by atoms with Crippen LogP contribution in [0, 0.1) is 13.8 Å². The van der Waals surface area contributed by atoms with E-state index in [0.29, 0.717) is 24.4 Å². The van der Waals surface area contributed by atoms with E-state index in [1.54, 1.807) is 23.0 Å². The van der Waals surface area contributed by atoms with Gasteiger partial charge in [0.2, 0.25) is 0 Å². The van der Waals surface area contributed by atoms with Crippen LogP contribution < -0.4 is 10.1 Å². The molecule has 0 aliphatic heterocycles. The van der Waals surface area contributed by atoms with Gasteiger partial charge in [0.1, 0.15) is 12.4 Å². The zero-order valence-corrected chi connectivity index (χ0v) is 20.7. The zero-order valence-electron chi connectivity index (χ0n) is 18.3. The topological polar surface area (TPSA) is 56.1 Å². The van der Waals surface area contributed by atoms with Crippen LogP contribution in [0.4, 0.5) is 5.69 Å². The van der Waals surface area contributed by atoms with Crippen LogP contribution in [0.5, 0.6) is 5.75 Å². The highest BCUT2D eigenvalue weighted by Crippen LogP contribution is 2.26. The van der Waals surface area contributed by atoms with Gasteiger partial charge in [-0.3, -0.25) is 9.48 Å². The maximum Gasteiger partial charge on any atom is 0.255 e. The predicted octanol–water partition coefficient (Wildman–Crippen LogP) is 6.80. The standard InChI is InChI=1S/C26H23BrClN3O2/c1-17-11-24(12-18(2)25(17)28)33-16-20-3-7-21(8-4-20)26(32)30-23-13-29-31(15-23)14-19-5-9-22(27)10-6-19/h3-13,15H,14,16H2,1-2H3,(H,30,32). The van der Waals surface area contributed by atoms with E-state index in [1.165, 1.54) is 0 Å². The first kappa shape index (κ1) is 23.1. The summed E-state index contributed by atoms with van der Waals surface area (Å²) in [5, 5.41) is 7.99. The van der Waals surface area contributed by atoms with Crippen LogP contribution in [-0.2, 0) is 13.2 Å². The summed E-state index contributed by atoms with van der Waals surface area (Å²) in [4.78, 5) is 12.6. The Morgan fingerprint density at radius 2 is 1.67 bits per heavy atom. The molecule has 4 aromatic rings. The lowest BCUT2D eigenvalue weighted by atomic mass is 10.1. The minimum Gasteiger partial charge on any atom is -0.489 e.